The van der Waals surface area contributed by atoms with Gasteiger partial charge >= 0.3 is 5.97 Å². The topological polar surface area (TPSA) is 52.1 Å². The Morgan fingerprint density at radius 1 is 1.06 bits per heavy atom. The Labute approximate surface area is 209 Å². The smallest absolute Gasteiger partial charge is 0.311 e. The molecule has 0 fully saturated rings. The maximum absolute atomic E-state index is 11.7. The van der Waals surface area contributed by atoms with E-state index in [9.17, 15) is 4.79 Å². The highest BCUT2D eigenvalue weighted by Gasteiger charge is 2.34. The molecule has 0 radical (unpaired) electrons. The first-order valence-electron chi connectivity index (χ1n) is 12.9. The molecule has 0 saturated carbocycles. The van der Waals surface area contributed by atoms with Gasteiger partial charge in [-0.1, -0.05) is 46.0 Å². The van der Waals surface area contributed by atoms with E-state index in [-0.39, 0.29) is 17.8 Å². The summed E-state index contributed by atoms with van der Waals surface area (Å²) in [4.78, 5) is 13.1. The number of aromatic nitrogens is 2. The first-order valence-corrected chi connectivity index (χ1v) is 13.8. The van der Waals surface area contributed by atoms with E-state index in [0.29, 0.717) is 18.0 Å². The molecular weight excluding hydrogens is 440 g/mol. The van der Waals surface area contributed by atoms with Gasteiger partial charge in [0.15, 0.2) is 0 Å². The summed E-state index contributed by atoms with van der Waals surface area (Å²) < 4.78 is 4.99. The van der Waals surface area contributed by atoms with Gasteiger partial charge in [-0.05, 0) is 91.5 Å². The summed E-state index contributed by atoms with van der Waals surface area (Å²) in [5.41, 5.74) is 5.43. The van der Waals surface area contributed by atoms with Gasteiger partial charge in [-0.25, -0.2) is 0 Å². The molecule has 0 N–H and O–H groups in total. The van der Waals surface area contributed by atoms with Crippen LogP contribution in [0.25, 0.3) is 0 Å². The zero-order valence-corrected chi connectivity index (χ0v) is 22.0. The highest BCUT2D eigenvalue weighted by atomic mass is 32.2. The maximum atomic E-state index is 11.7. The predicted octanol–water partition coefficient (Wildman–Crippen LogP) is 6.66. The van der Waals surface area contributed by atoms with Gasteiger partial charge in [-0.2, -0.15) is 5.10 Å². The number of fused-ring (bicyclic) bond motifs is 1. The fourth-order valence-corrected chi connectivity index (χ4v) is 6.08. The quantitative estimate of drug-likeness (QED) is 0.217. The van der Waals surface area contributed by atoms with Crippen LogP contribution in [-0.4, -0.2) is 28.5 Å². The van der Waals surface area contributed by atoms with Gasteiger partial charge in [0, 0.05) is 10.5 Å². The number of nitrogens with zero attached hydrogens (tertiary/aromatic N) is 2. The number of thioether (sulfide) groups is 1. The minimum Gasteiger partial charge on any atom is -0.466 e. The third-order valence-electron chi connectivity index (χ3n) is 6.94. The van der Waals surface area contributed by atoms with Crippen LogP contribution in [0.5, 0.6) is 0 Å². The summed E-state index contributed by atoms with van der Waals surface area (Å²) in [6.45, 7) is 9.06. The van der Waals surface area contributed by atoms with Crippen LogP contribution in [0.2, 0.25) is 0 Å². The fourth-order valence-electron chi connectivity index (χ4n) is 4.71. The Balaban J connectivity index is 1.90. The van der Waals surface area contributed by atoms with Gasteiger partial charge in [0.25, 0.3) is 0 Å². The molecule has 5 heteroatoms. The summed E-state index contributed by atoms with van der Waals surface area (Å²) in [5, 5.41) is 8.40. The number of ether oxygens (including phenoxy) is 1. The van der Waals surface area contributed by atoms with E-state index in [1.807, 2.05) is 23.9 Å². The SMILES string of the molecule is CCCCCCc1cc2c(cc1C#Cc1ccc(CC(=O)OCC)nn1)C(CC)(CC)CCS2. The molecule has 34 heavy (non-hydrogen) atoms. The van der Waals surface area contributed by atoms with Crippen molar-refractivity contribution in [3.8, 4) is 11.8 Å². The Hall–Kier alpha value is -2.32. The van der Waals surface area contributed by atoms with E-state index in [1.165, 1.54) is 53.9 Å². The van der Waals surface area contributed by atoms with Crippen LogP contribution in [0.3, 0.4) is 0 Å². The maximum Gasteiger partial charge on any atom is 0.311 e. The second kappa shape index (κ2) is 13.0. The Bertz CT molecular complexity index is 1020. The first-order chi connectivity index (χ1) is 16.5. The van der Waals surface area contributed by atoms with Gasteiger partial charge in [0.05, 0.1) is 18.7 Å². The van der Waals surface area contributed by atoms with Crippen LogP contribution in [0.4, 0.5) is 0 Å². The molecule has 0 unspecified atom stereocenters. The highest BCUT2D eigenvalue weighted by molar-refractivity contribution is 7.99. The molecular formula is C29H38N2O2S. The lowest BCUT2D eigenvalue weighted by molar-refractivity contribution is -0.142. The Morgan fingerprint density at radius 3 is 2.56 bits per heavy atom. The summed E-state index contributed by atoms with van der Waals surface area (Å²) >= 11 is 2.00. The van der Waals surface area contributed by atoms with E-state index < -0.39 is 0 Å². The third kappa shape index (κ3) is 6.63. The minimum atomic E-state index is -0.286. The molecule has 1 aromatic carbocycles. The number of benzene rings is 1. The fraction of sp³-hybridized carbons (Fsp3) is 0.552. The molecule has 3 rings (SSSR count). The second-order valence-electron chi connectivity index (χ2n) is 9.04. The Morgan fingerprint density at radius 2 is 1.88 bits per heavy atom. The molecule has 1 aromatic heterocycles. The van der Waals surface area contributed by atoms with Crippen LogP contribution < -0.4 is 0 Å². The van der Waals surface area contributed by atoms with Crippen molar-refractivity contribution in [1.29, 1.82) is 0 Å². The summed E-state index contributed by atoms with van der Waals surface area (Å²) in [7, 11) is 0. The highest BCUT2D eigenvalue weighted by Crippen LogP contribution is 2.47. The number of rotatable bonds is 10. The minimum absolute atomic E-state index is 0.134. The summed E-state index contributed by atoms with van der Waals surface area (Å²) in [5.74, 6) is 7.58. The Kier molecular flexibility index (Phi) is 10.0. The lowest BCUT2D eigenvalue weighted by Crippen LogP contribution is -2.29. The normalized spacial score (nSPS) is 14.1. The number of unbranched alkanes of at least 4 members (excludes halogenated alkanes) is 3. The number of hydrogen-bond acceptors (Lipinski definition) is 5. The van der Waals surface area contributed by atoms with Crippen LogP contribution in [0.15, 0.2) is 29.2 Å². The van der Waals surface area contributed by atoms with E-state index in [0.717, 1.165) is 24.8 Å². The molecule has 1 aliphatic heterocycles. The van der Waals surface area contributed by atoms with E-state index in [4.69, 9.17) is 4.74 Å². The van der Waals surface area contributed by atoms with E-state index >= 15 is 0 Å². The van der Waals surface area contributed by atoms with Crippen LogP contribution in [-0.2, 0) is 27.8 Å². The van der Waals surface area contributed by atoms with Gasteiger partial charge in [-0.3, -0.25) is 4.79 Å². The molecule has 0 spiro atoms. The number of carbonyl (C=O) groups excluding carboxylic acids is 1. The van der Waals surface area contributed by atoms with Crippen molar-refractivity contribution in [2.24, 2.45) is 0 Å². The van der Waals surface area contributed by atoms with E-state index in [1.54, 1.807) is 6.92 Å². The van der Waals surface area contributed by atoms with Gasteiger partial charge in [0.2, 0.25) is 0 Å². The van der Waals surface area contributed by atoms with Crippen molar-refractivity contribution in [3.05, 3.63) is 52.3 Å². The number of carbonyl (C=O) groups is 1. The molecule has 0 amide bonds. The molecule has 0 saturated heterocycles. The first kappa shape index (κ1) is 26.3. The number of aryl methyl sites for hydroxylation is 1. The van der Waals surface area contributed by atoms with Crippen molar-refractivity contribution in [2.45, 2.75) is 95.8 Å². The third-order valence-corrected chi connectivity index (χ3v) is 8.00. The molecule has 4 nitrogen and oxygen atoms in total. The van der Waals surface area contributed by atoms with E-state index in [2.05, 4.69) is 54.9 Å². The molecule has 0 bridgehead atoms. The summed E-state index contributed by atoms with van der Waals surface area (Å²) in [6, 6.07) is 8.44. The predicted molar refractivity (Wildman–Crippen MR) is 140 cm³/mol. The number of hydrogen-bond donors (Lipinski definition) is 0. The van der Waals surface area contributed by atoms with Crippen LogP contribution in [0.1, 0.15) is 101 Å². The molecule has 1 aliphatic rings. The lowest BCUT2D eigenvalue weighted by Gasteiger charge is -2.38. The standard InChI is InChI=1S/C29H38N2O2S/c1-5-9-10-11-12-22-20-27-26(29(6-2,7-3)17-18-34-27)19-23(22)13-14-24-15-16-25(31-30-24)21-28(32)33-8-4/h15-16,19-20H,5-12,17-18,21H2,1-4H3. The molecule has 182 valence electrons. The lowest BCUT2D eigenvalue weighted by atomic mass is 9.72. The van der Waals surface area contributed by atoms with Crippen molar-refractivity contribution in [1.82, 2.24) is 10.2 Å². The largest absolute Gasteiger partial charge is 0.466 e. The van der Waals surface area contributed by atoms with Crippen molar-refractivity contribution >= 4 is 17.7 Å². The number of esters is 1. The summed E-state index contributed by atoms with van der Waals surface area (Å²) in [6.07, 6.45) is 9.72. The zero-order valence-electron chi connectivity index (χ0n) is 21.2. The van der Waals surface area contributed by atoms with Gasteiger partial charge in [-0.15, -0.1) is 16.9 Å². The zero-order chi connectivity index (χ0) is 24.4. The average Bonchev–Trinajstić information content (AvgIpc) is 2.86. The van der Waals surface area contributed by atoms with Gasteiger partial charge in [0.1, 0.15) is 5.69 Å². The molecule has 2 aromatic rings. The van der Waals surface area contributed by atoms with Crippen molar-refractivity contribution < 1.29 is 9.53 Å². The molecule has 2 heterocycles. The molecule has 0 aliphatic carbocycles. The second-order valence-corrected chi connectivity index (χ2v) is 10.2. The molecule has 0 atom stereocenters. The van der Waals surface area contributed by atoms with Gasteiger partial charge < -0.3 is 4.74 Å². The monoisotopic (exact) mass is 478 g/mol. The average molecular weight is 479 g/mol. The van der Waals surface area contributed by atoms with Crippen LogP contribution in [0, 0.1) is 11.8 Å². The van der Waals surface area contributed by atoms with Crippen molar-refractivity contribution in [2.75, 3.05) is 12.4 Å². The van der Waals surface area contributed by atoms with Crippen LogP contribution >= 0.6 is 11.8 Å². The van der Waals surface area contributed by atoms with Crippen molar-refractivity contribution in [3.63, 3.8) is 0 Å².